The van der Waals surface area contributed by atoms with Crippen molar-refractivity contribution in [2.24, 2.45) is 5.92 Å². The van der Waals surface area contributed by atoms with Crippen molar-refractivity contribution in [3.8, 4) is 0 Å². The van der Waals surface area contributed by atoms with Crippen LogP contribution in [0.15, 0.2) is 0 Å². The van der Waals surface area contributed by atoms with E-state index in [4.69, 9.17) is 0 Å². The van der Waals surface area contributed by atoms with Crippen molar-refractivity contribution < 1.29 is 9.90 Å². The Bertz CT molecular complexity index is 254. The molecule has 98 valence electrons. The second-order valence-electron chi connectivity index (χ2n) is 5.29. The largest absolute Gasteiger partial charge is 0.395 e. The Kier molecular flexibility index (Phi) is 4.80. The van der Waals surface area contributed by atoms with Gasteiger partial charge in [-0.2, -0.15) is 0 Å². The third kappa shape index (κ3) is 3.96. The van der Waals surface area contributed by atoms with Crippen molar-refractivity contribution in [3.63, 3.8) is 0 Å². The lowest BCUT2D eigenvalue weighted by molar-refractivity contribution is -0.122. The molecule has 4 heteroatoms. The molecule has 1 heterocycles. The molecule has 0 aromatic carbocycles. The summed E-state index contributed by atoms with van der Waals surface area (Å²) in [6, 6.07) is 0.385. The van der Waals surface area contributed by atoms with Gasteiger partial charge >= 0.3 is 0 Å². The van der Waals surface area contributed by atoms with E-state index in [1.807, 2.05) is 0 Å². The van der Waals surface area contributed by atoms with E-state index in [2.05, 4.69) is 10.2 Å². The monoisotopic (exact) mass is 240 g/mol. The quantitative estimate of drug-likeness (QED) is 0.646. The van der Waals surface area contributed by atoms with Crippen LogP contribution < -0.4 is 5.32 Å². The molecule has 0 aromatic heterocycles. The number of aliphatic hydroxyl groups is 1. The molecule has 1 unspecified atom stereocenters. The first-order chi connectivity index (χ1) is 8.31. The zero-order chi connectivity index (χ0) is 12.1. The SMILES string of the molecule is O=C(NCCCCN1CCCC1CO)C1CC1. The molecule has 17 heavy (non-hydrogen) atoms. The zero-order valence-corrected chi connectivity index (χ0v) is 10.5. The Morgan fingerprint density at radius 1 is 1.29 bits per heavy atom. The van der Waals surface area contributed by atoms with E-state index in [-0.39, 0.29) is 5.91 Å². The average molecular weight is 240 g/mol. The van der Waals surface area contributed by atoms with E-state index in [1.54, 1.807) is 0 Å². The number of hydrogen-bond acceptors (Lipinski definition) is 3. The fraction of sp³-hybridized carbons (Fsp3) is 0.923. The summed E-state index contributed by atoms with van der Waals surface area (Å²) in [5, 5.41) is 12.2. The number of nitrogens with one attached hydrogen (secondary N) is 1. The van der Waals surface area contributed by atoms with Gasteiger partial charge in [-0.3, -0.25) is 9.69 Å². The van der Waals surface area contributed by atoms with Gasteiger partial charge < -0.3 is 10.4 Å². The minimum Gasteiger partial charge on any atom is -0.395 e. The Hall–Kier alpha value is -0.610. The summed E-state index contributed by atoms with van der Waals surface area (Å²) in [5.41, 5.74) is 0. The summed E-state index contributed by atoms with van der Waals surface area (Å²) < 4.78 is 0. The van der Waals surface area contributed by atoms with Crippen LogP contribution >= 0.6 is 0 Å². The smallest absolute Gasteiger partial charge is 0.223 e. The highest BCUT2D eigenvalue weighted by molar-refractivity contribution is 5.80. The number of hydrogen-bond donors (Lipinski definition) is 2. The van der Waals surface area contributed by atoms with Crippen molar-refractivity contribution in [2.45, 2.75) is 44.6 Å². The van der Waals surface area contributed by atoms with Crippen molar-refractivity contribution in [2.75, 3.05) is 26.2 Å². The first-order valence-corrected chi connectivity index (χ1v) is 6.94. The third-order valence-corrected chi connectivity index (χ3v) is 3.83. The van der Waals surface area contributed by atoms with Crippen LogP contribution in [0.1, 0.15) is 38.5 Å². The van der Waals surface area contributed by atoms with Gasteiger partial charge in [-0.05, 0) is 51.6 Å². The summed E-state index contributed by atoms with van der Waals surface area (Å²) in [4.78, 5) is 13.7. The van der Waals surface area contributed by atoms with Gasteiger partial charge in [-0.1, -0.05) is 0 Å². The third-order valence-electron chi connectivity index (χ3n) is 3.83. The van der Waals surface area contributed by atoms with Crippen molar-refractivity contribution in [1.29, 1.82) is 0 Å². The predicted molar refractivity (Wildman–Crippen MR) is 66.6 cm³/mol. The lowest BCUT2D eigenvalue weighted by atomic mass is 10.2. The van der Waals surface area contributed by atoms with E-state index in [9.17, 15) is 9.90 Å². The Morgan fingerprint density at radius 3 is 2.82 bits per heavy atom. The van der Waals surface area contributed by atoms with E-state index in [0.29, 0.717) is 18.6 Å². The molecule has 2 aliphatic rings. The lowest BCUT2D eigenvalue weighted by Crippen LogP contribution is -2.33. The molecule has 0 radical (unpaired) electrons. The van der Waals surface area contributed by atoms with Gasteiger partial charge in [0, 0.05) is 18.5 Å². The Labute approximate surface area is 103 Å². The minimum atomic E-state index is 0.249. The van der Waals surface area contributed by atoms with Gasteiger partial charge in [-0.15, -0.1) is 0 Å². The molecular formula is C13H24N2O2. The molecule has 1 saturated carbocycles. The molecule has 2 fully saturated rings. The highest BCUT2D eigenvalue weighted by Gasteiger charge is 2.29. The van der Waals surface area contributed by atoms with E-state index >= 15 is 0 Å². The summed E-state index contributed by atoms with van der Waals surface area (Å²) in [6.45, 7) is 3.29. The number of carbonyl (C=O) groups is 1. The van der Waals surface area contributed by atoms with Gasteiger partial charge in [0.05, 0.1) is 6.61 Å². The van der Waals surface area contributed by atoms with Gasteiger partial charge in [-0.25, -0.2) is 0 Å². The Morgan fingerprint density at radius 2 is 2.12 bits per heavy atom. The average Bonchev–Trinajstić information content (AvgIpc) is 3.09. The molecule has 1 amide bonds. The number of amides is 1. The maximum Gasteiger partial charge on any atom is 0.223 e. The summed E-state index contributed by atoms with van der Waals surface area (Å²) >= 11 is 0. The molecule has 4 nitrogen and oxygen atoms in total. The van der Waals surface area contributed by atoms with E-state index in [1.165, 1.54) is 6.42 Å². The van der Waals surface area contributed by atoms with Crippen molar-refractivity contribution >= 4 is 5.91 Å². The molecule has 1 atom stereocenters. The van der Waals surface area contributed by atoms with Crippen molar-refractivity contribution in [3.05, 3.63) is 0 Å². The van der Waals surface area contributed by atoms with E-state index in [0.717, 1.165) is 51.7 Å². The lowest BCUT2D eigenvalue weighted by Gasteiger charge is -2.22. The van der Waals surface area contributed by atoms with E-state index < -0.39 is 0 Å². The van der Waals surface area contributed by atoms with Crippen LogP contribution in [0.4, 0.5) is 0 Å². The predicted octanol–water partition coefficient (Wildman–Crippen LogP) is 0.749. The summed E-state index contributed by atoms with van der Waals surface area (Å²) in [6.07, 6.45) is 6.67. The first kappa shape index (κ1) is 12.8. The molecule has 1 aliphatic carbocycles. The van der Waals surface area contributed by atoms with Gasteiger partial charge in [0.1, 0.15) is 0 Å². The molecule has 0 spiro atoms. The van der Waals surface area contributed by atoms with Gasteiger partial charge in [0.2, 0.25) is 5.91 Å². The van der Waals surface area contributed by atoms with Crippen LogP contribution in [0.2, 0.25) is 0 Å². The van der Waals surface area contributed by atoms with Crippen LogP contribution in [0.5, 0.6) is 0 Å². The maximum absolute atomic E-state index is 11.4. The number of carbonyl (C=O) groups excluding carboxylic acids is 1. The first-order valence-electron chi connectivity index (χ1n) is 6.94. The molecule has 1 aliphatic heterocycles. The molecule has 2 N–H and O–H groups in total. The zero-order valence-electron chi connectivity index (χ0n) is 10.5. The van der Waals surface area contributed by atoms with Crippen LogP contribution in [-0.4, -0.2) is 48.2 Å². The number of aliphatic hydroxyl groups excluding tert-OH is 1. The van der Waals surface area contributed by atoms with Gasteiger partial charge in [0.15, 0.2) is 0 Å². The molecule has 1 saturated heterocycles. The van der Waals surface area contributed by atoms with Crippen molar-refractivity contribution in [1.82, 2.24) is 10.2 Å². The standard InChI is InChI=1S/C13H24N2O2/c16-10-12-4-3-9-15(12)8-2-1-7-14-13(17)11-5-6-11/h11-12,16H,1-10H2,(H,14,17). The molecule has 2 rings (SSSR count). The number of rotatable bonds is 7. The molecule has 0 bridgehead atoms. The topological polar surface area (TPSA) is 52.6 Å². The second kappa shape index (κ2) is 6.36. The fourth-order valence-electron chi connectivity index (χ4n) is 2.54. The Balaban J connectivity index is 1.49. The highest BCUT2D eigenvalue weighted by Crippen LogP contribution is 2.28. The van der Waals surface area contributed by atoms with Crippen LogP contribution in [0.25, 0.3) is 0 Å². The summed E-state index contributed by atoms with van der Waals surface area (Å²) in [7, 11) is 0. The highest BCUT2D eigenvalue weighted by atomic mass is 16.3. The fourth-order valence-corrected chi connectivity index (χ4v) is 2.54. The number of unbranched alkanes of at least 4 members (excludes halogenated alkanes) is 1. The number of likely N-dealkylation sites (tertiary alicyclic amines) is 1. The number of nitrogens with zero attached hydrogens (tertiary/aromatic N) is 1. The minimum absolute atomic E-state index is 0.249. The maximum atomic E-state index is 11.4. The normalized spacial score (nSPS) is 25.1. The van der Waals surface area contributed by atoms with Crippen LogP contribution in [-0.2, 0) is 4.79 Å². The van der Waals surface area contributed by atoms with Gasteiger partial charge in [0.25, 0.3) is 0 Å². The van der Waals surface area contributed by atoms with Crippen LogP contribution in [0, 0.1) is 5.92 Å². The summed E-state index contributed by atoms with van der Waals surface area (Å²) in [5.74, 6) is 0.576. The van der Waals surface area contributed by atoms with Crippen LogP contribution in [0.3, 0.4) is 0 Å². The second-order valence-corrected chi connectivity index (χ2v) is 5.29. The molecular weight excluding hydrogens is 216 g/mol. The molecule has 0 aromatic rings.